The lowest BCUT2D eigenvalue weighted by Crippen LogP contribution is -2.26. The summed E-state index contributed by atoms with van der Waals surface area (Å²) in [5.74, 6) is 1.91. The molecule has 0 bridgehead atoms. The Labute approximate surface area is 204 Å². The molecular weight excluding hydrogens is 472 g/mol. The third kappa shape index (κ3) is 5.78. The molecule has 1 aliphatic rings. The molecule has 0 unspecified atom stereocenters. The second-order valence-corrected chi connectivity index (χ2v) is 9.54. The van der Waals surface area contributed by atoms with E-state index in [-0.39, 0.29) is 17.4 Å². The van der Waals surface area contributed by atoms with Crippen molar-refractivity contribution in [3.63, 3.8) is 0 Å². The summed E-state index contributed by atoms with van der Waals surface area (Å²) >= 11 is 0. The second kappa shape index (κ2) is 10.6. The Kier molecular flexibility index (Phi) is 7.31. The van der Waals surface area contributed by atoms with E-state index in [0.29, 0.717) is 54.2 Å². The van der Waals surface area contributed by atoms with Crippen molar-refractivity contribution in [2.75, 3.05) is 43.1 Å². The average molecular weight is 499 g/mol. The van der Waals surface area contributed by atoms with Crippen LogP contribution >= 0.6 is 0 Å². The molecule has 1 amide bonds. The smallest absolute Gasteiger partial charge is 0.264 e. The van der Waals surface area contributed by atoms with Crippen molar-refractivity contribution in [1.29, 1.82) is 0 Å². The Morgan fingerprint density at radius 3 is 2.23 bits per heavy atom. The number of ether oxygens (including phenoxy) is 4. The van der Waals surface area contributed by atoms with Gasteiger partial charge in [-0.2, -0.15) is 0 Å². The summed E-state index contributed by atoms with van der Waals surface area (Å²) in [6.07, 6.45) is 0. The summed E-state index contributed by atoms with van der Waals surface area (Å²) in [4.78, 5) is 12.4. The van der Waals surface area contributed by atoms with Gasteiger partial charge in [0.2, 0.25) is 0 Å². The normalized spacial score (nSPS) is 12.5. The van der Waals surface area contributed by atoms with Crippen molar-refractivity contribution in [2.24, 2.45) is 0 Å². The topological polar surface area (TPSA) is 103 Å². The molecule has 35 heavy (non-hydrogen) atoms. The Morgan fingerprint density at radius 2 is 1.54 bits per heavy atom. The number of sulfonamides is 1. The molecule has 0 saturated carbocycles. The maximum Gasteiger partial charge on any atom is 0.264 e. The monoisotopic (exact) mass is 498 g/mol. The largest absolute Gasteiger partial charge is 0.494 e. The van der Waals surface area contributed by atoms with Crippen molar-refractivity contribution in [1.82, 2.24) is 0 Å². The van der Waals surface area contributed by atoms with E-state index in [2.05, 4.69) is 5.32 Å². The van der Waals surface area contributed by atoms with Crippen LogP contribution in [0.25, 0.3) is 0 Å². The van der Waals surface area contributed by atoms with E-state index in [1.54, 1.807) is 54.6 Å². The van der Waals surface area contributed by atoms with Gasteiger partial charge < -0.3 is 24.3 Å². The van der Waals surface area contributed by atoms with Gasteiger partial charge in [0.05, 0.1) is 17.2 Å². The van der Waals surface area contributed by atoms with Crippen LogP contribution in [0.3, 0.4) is 0 Å². The molecule has 9 nitrogen and oxygen atoms in total. The molecule has 0 saturated heterocycles. The first-order valence-corrected chi connectivity index (χ1v) is 12.4. The summed E-state index contributed by atoms with van der Waals surface area (Å²) in [5, 5.41) is 2.75. The van der Waals surface area contributed by atoms with Crippen LogP contribution < -0.4 is 28.6 Å². The van der Waals surface area contributed by atoms with E-state index in [1.165, 1.54) is 23.5 Å². The van der Waals surface area contributed by atoms with Crippen LogP contribution in [-0.2, 0) is 14.8 Å². The Bertz CT molecular complexity index is 1280. The lowest BCUT2D eigenvalue weighted by molar-refractivity contribution is -0.118. The zero-order valence-corrected chi connectivity index (χ0v) is 20.2. The van der Waals surface area contributed by atoms with Crippen molar-refractivity contribution >= 4 is 27.3 Å². The molecule has 1 N–H and O–H groups in total. The van der Waals surface area contributed by atoms with Crippen LogP contribution in [0.4, 0.5) is 11.4 Å². The Morgan fingerprint density at radius 1 is 0.914 bits per heavy atom. The van der Waals surface area contributed by atoms with E-state index in [0.717, 1.165) is 0 Å². The highest BCUT2D eigenvalue weighted by Gasteiger charge is 2.21. The number of anilines is 2. The molecule has 3 aromatic rings. The Hall–Kier alpha value is -3.92. The molecule has 1 aliphatic heterocycles. The molecule has 0 fully saturated rings. The van der Waals surface area contributed by atoms with Gasteiger partial charge in [0, 0.05) is 18.8 Å². The summed E-state index contributed by atoms with van der Waals surface area (Å²) in [5.41, 5.74) is 1.02. The van der Waals surface area contributed by atoms with Crippen LogP contribution in [0.1, 0.15) is 6.92 Å². The van der Waals surface area contributed by atoms with E-state index in [1.807, 2.05) is 6.92 Å². The van der Waals surface area contributed by atoms with Crippen molar-refractivity contribution in [3.05, 3.63) is 66.7 Å². The predicted octanol–water partition coefficient (Wildman–Crippen LogP) is 3.70. The van der Waals surface area contributed by atoms with E-state index >= 15 is 0 Å². The van der Waals surface area contributed by atoms with Gasteiger partial charge in [-0.25, -0.2) is 8.42 Å². The number of rotatable bonds is 9. The minimum atomic E-state index is -3.75. The van der Waals surface area contributed by atoms with Gasteiger partial charge >= 0.3 is 0 Å². The third-order valence-electron chi connectivity index (χ3n) is 5.19. The van der Waals surface area contributed by atoms with E-state index in [4.69, 9.17) is 18.9 Å². The first-order chi connectivity index (χ1) is 16.9. The van der Waals surface area contributed by atoms with Crippen LogP contribution in [0.15, 0.2) is 71.6 Å². The summed E-state index contributed by atoms with van der Waals surface area (Å²) < 4.78 is 49.0. The summed E-state index contributed by atoms with van der Waals surface area (Å²) in [6, 6.07) is 17.9. The van der Waals surface area contributed by atoms with Gasteiger partial charge in [-0.05, 0) is 67.6 Å². The van der Waals surface area contributed by atoms with E-state index < -0.39 is 10.0 Å². The van der Waals surface area contributed by atoms with Gasteiger partial charge in [-0.15, -0.1) is 0 Å². The number of carbonyl (C=O) groups excluding carboxylic acids is 1. The number of carbonyl (C=O) groups is 1. The molecule has 0 aliphatic carbocycles. The number of fused-ring (bicyclic) bond motifs is 1. The number of benzene rings is 3. The first kappa shape index (κ1) is 24.2. The molecule has 1 heterocycles. The fourth-order valence-corrected chi connectivity index (χ4v) is 4.59. The highest BCUT2D eigenvalue weighted by Crippen LogP contribution is 2.32. The zero-order valence-electron chi connectivity index (χ0n) is 19.4. The van der Waals surface area contributed by atoms with Crippen LogP contribution in [-0.4, -0.2) is 47.8 Å². The number of nitrogens with zero attached hydrogens (tertiary/aromatic N) is 1. The van der Waals surface area contributed by atoms with Gasteiger partial charge in [0.25, 0.3) is 15.9 Å². The minimum Gasteiger partial charge on any atom is -0.494 e. The van der Waals surface area contributed by atoms with Gasteiger partial charge in [-0.1, -0.05) is 0 Å². The highest BCUT2D eigenvalue weighted by molar-refractivity contribution is 7.92. The van der Waals surface area contributed by atoms with Gasteiger partial charge in [-0.3, -0.25) is 9.10 Å². The van der Waals surface area contributed by atoms with E-state index in [9.17, 15) is 13.2 Å². The summed E-state index contributed by atoms with van der Waals surface area (Å²) in [7, 11) is -2.28. The minimum absolute atomic E-state index is 0.152. The predicted molar refractivity (Wildman–Crippen MR) is 131 cm³/mol. The quantitative estimate of drug-likeness (QED) is 0.480. The third-order valence-corrected chi connectivity index (χ3v) is 6.99. The van der Waals surface area contributed by atoms with Gasteiger partial charge in [0.1, 0.15) is 24.7 Å². The SMILES string of the molecule is CCOc1ccc(S(=O)(=O)N(C)c2ccc(OCC(=O)Nc3ccc4c(c3)OCCO4)cc2)cc1. The molecule has 0 atom stereocenters. The number of amides is 1. The number of nitrogens with one attached hydrogen (secondary N) is 1. The highest BCUT2D eigenvalue weighted by atomic mass is 32.2. The van der Waals surface area contributed by atoms with Crippen LogP contribution in [0, 0.1) is 0 Å². The fourth-order valence-electron chi connectivity index (χ4n) is 3.39. The summed E-state index contributed by atoms with van der Waals surface area (Å²) in [6.45, 7) is 3.10. The Balaban J connectivity index is 1.33. The standard InChI is InChI=1S/C25H26N2O7S/c1-3-31-20-9-11-22(12-10-20)35(29,30)27(2)19-5-7-21(8-6-19)34-17-25(28)26-18-4-13-23-24(16-18)33-15-14-32-23/h4-13,16H,3,14-15,17H2,1-2H3,(H,26,28). The van der Waals surface area contributed by atoms with Crippen molar-refractivity contribution in [2.45, 2.75) is 11.8 Å². The lowest BCUT2D eigenvalue weighted by atomic mass is 10.2. The molecule has 0 radical (unpaired) electrons. The number of hydrogen-bond donors (Lipinski definition) is 1. The van der Waals surface area contributed by atoms with Crippen molar-refractivity contribution in [3.8, 4) is 23.0 Å². The molecular formula is C25H26N2O7S. The van der Waals surface area contributed by atoms with Crippen LogP contribution in [0.5, 0.6) is 23.0 Å². The maximum atomic E-state index is 12.9. The molecule has 3 aromatic carbocycles. The first-order valence-electron chi connectivity index (χ1n) is 11.0. The number of hydrogen-bond acceptors (Lipinski definition) is 7. The average Bonchev–Trinajstić information content (AvgIpc) is 2.88. The molecule has 0 aromatic heterocycles. The lowest BCUT2D eigenvalue weighted by Gasteiger charge is -2.20. The zero-order chi connectivity index (χ0) is 24.8. The maximum absolute atomic E-state index is 12.9. The fraction of sp³-hybridized carbons (Fsp3) is 0.240. The van der Waals surface area contributed by atoms with Gasteiger partial charge in [0.15, 0.2) is 18.1 Å². The second-order valence-electron chi connectivity index (χ2n) is 7.57. The molecule has 4 rings (SSSR count). The van der Waals surface area contributed by atoms with Crippen molar-refractivity contribution < 1.29 is 32.2 Å². The molecule has 0 spiro atoms. The van der Waals surface area contributed by atoms with Crippen LogP contribution in [0.2, 0.25) is 0 Å². The molecule has 10 heteroatoms. The molecule has 184 valence electrons.